The van der Waals surface area contributed by atoms with Crippen LogP contribution in [0.1, 0.15) is 103 Å². The van der Waals surface area contributed by atoms with Crippen LogP contribution in [-0.2, 0) is 0 Å². The Morgan fingerprint density at radius 1 is 0.682 bits per heavy atom. The lowest BCUT2D eigenvalue weighted by Gasteiger charge is -2.31. The lowest BCUT2D eigenvalue weighted by atomic mass is 9.75. The molecule has 2 fully saturated rings. The van der Waals surface area contributed by atoms with E-state index in [9.17, 15) is 0 Å². The van der Waals surface area contributed by atoms with Gasteiger partial charge >= 0.3 is 0 Å². The molecule has 2 aliphatic carbocycles. The molecule has 0 aromatic heterocycles. The highest BCUT2D eigenvalue weighted by atomic mass is 14.3. The summed E-state index contributed by atoms with van der Waals surface area (Å²) in [5.41, 5.74) is 0. The van der Waals surface area contributed by atoms with Crippen molar-refractivity contribution in [2.24, 2.45) is 23.7 Å². The highest BCUT2D eigenvalue weighted by Gasteiger charge is 2.24. The zero-order chi connectivity index (χ0) is 15.6. The van der Waals surface area contributed by atoms with Crippen LogP contribution in [0.3, 0.4) is 0 Å². The number of terminal acetylenes is 1. The highest BCUT2D eigenvalue weighted by molar-refractivity contribution is 4.95. The minimum atomic E-state index is 0.597. The van der Waals surface area contributed by atoms with Gasteiger partial charge in [-0.2, -0.15) is 0 Å². The zero-order valence-corrected chi connectivity index (χ0v) is 15.0. The third kappa shape index (κ3) is 6.36. The first kappa shape index (κ1) is 17.9. The molecule has 0 heterocycles. The van der Waals surface area contributed by atoms with Crippen molar-refractivity contribution in [2.75, 3.05) is 0 Å². The Morgan fingerprint density at radius 2 is 1.18 bits per heavy atom. The van der Waals surface area contributed by atoms with Crippen molar-refractivity contribution >= 4 is 0 Å². The average molecular weight is 303 g/mol. The summed E-state index contributed by atoms with van der Waals surface area (Å²) in [5.74, 6) is 6.67. The van der Waals surface area contributed by atoms with Crippen LogP contribution in [0, 0.1) is 36.0 Å². The molecule has 0 aliphatic heterocycles. The molecular formula is C22H38. The molecule has 2 rings (SSSR count). The fraction of sp³-hybridized carbons (Fsp3) is 0.909. The second kappa shape index (κ2) is 10.4. The summed E-state index contributed by atoms with van der Waals surface area (Å²) in [6, 6.07) is 0. The molecule has 0 radical (unpaired) electrons. The normalized spacial score (nSPS) is 32.5. The van der Waals surface area contributed by atoms with E-state index in [4.69, 9.17) is 6.42 Å². The number of hydrogen-bond donors (Lipinski definition) is 0. The highest BCUT2D eigenvalue weighted by Crippen LogP contribution is 2.37. The summed E-state index contributed by atoms with van der Waals surface area (Å²) >= 11 is 0. The molecule has 2 aliphatic rings. The molecule has 0 atom stereocenters. The topological polar surface area (TPSA) is 0 Å². The van der Waals surface area contributed by atoms with E-state index in [1.165, 1.54) is 96.3 Å². The molecule has 0 aromatic rings. The van der Waals surface area contributed by atoms with Crippen molar-refractivity contribution < 1.29 is 0 Å². The second-order valence-corrected chi connectivity index (χ2v) is 8.20. The molecule has 0 spiro atoms. The Morgan fingerprint density at radius 3 is 1.68 bits per heavy atom. The molecular weight excluding hydrogens is 264 g/mol. The van der Waals surface area contributed by atoms with E-state index in [0.717, 1.165) is 17.8 Å². The van der Waals surface area contributed by atoms with Crippen molar-refractivity contribution in [2.45, 2.75) is 103 Å². The number of hydrogen-bond acceptors (Lipinski definition) is 0. The summed E-state index contributed by atoms with van der Waals surface area (Å²) in [4.78, 5) is 0. The van der Waals surface area contributed by atoms with Crippen LogP contribution >= 0.6 is 0 Å². The van der Waals surface area contributed by atoms with Crippen LogP contribution in [0.2, 0.25) is 0 Å². The second-order valence-electron chi connectivity index (χ2n) is 8.20. The lowest BCUT2D eigenvalue weighted by molar-refractivity contribution is 0.220. The van der Waals surface area contributed by atoms with Crippen LogP contribution in [0.15, 0.2) is 0 Å². The molecule has 126 valence electrons. The van der Waals surface area contributed by atoms with Gasteiger partial charge in [-0.3, -0.25) is 0 Å². The fourth-order valence-electron chi connectivity index (χ4n) is 4.76. The van der Waals surface area contributed by atoms with Gasteiger partial charge in [-0.05, 0) is 43.4 Å². The Labute approximate surface area is 139 Å². The first-order chi connectivity index (χ1) is 10.8. The molecule has 0 amide bonds. The van der Waals surface area contributed by atoms with Crippen molar-refractivity contribution in [3.63, 3.8) is 0 Å². The smallest absolute Gasteiger partial charge is 0.0200 e. The van der Waals surface area contributed by atoms with Crippen LogP contribution in [0.25, 0.3) is 0 Å². The van der Waals surface area contributed by atoms with E-state index in [1.54, 1.807) is 0 Å². The van der Waals surface area contributed by atoms with E-state index in [1.807, 2.05) is 0 Å². The van der Waals surface area contributed by atoms with Gasteiger partial charge < -0.3 is 0 Å². The standard InChI is InChI=1S/C22H38/c1-3-5-6-7-8-20-13-15-22(16-14-20)18-17-21-11-9-19(4-2)10-12-21/h2,19-22H,3,5-18H2,1H3/t19-,20-,21-,22-. The quantitative estimate of drug-likeness (QED) is 0.335. The maximum absolute atomic E-state index is 5.55. The van der Waals surface area contributed by atoms with E-state index in [0.29, 0.717) is 5.92 Å². The minimum absolute atomic E-state index is 0.597. The van der Waals surface area contributed by atoms with Crippen LogP contribution in [0.4, 0.5) is 0 Å². The van der Waals surface area contributed by atoms with Gasteiger partial charge in [0, 0.05) is 5.92 Å². The monoisotopic (exact) mass is 302 g/mol. The summed E-state index contributed by atoms with van der Waals surface area (Å²) in [5, 5.41) is 0. The predicted octanol–water partition coefficient (Wildman–Crippen LogP) is 6.98. The Bertz CT molecular complexity index is 307. The van der Waals surface area contributed by atoms with Crippen molar-refractivity contribution in [1.29, 1.82) is 0 Å². The van der Waals surface area contributed by atoms with Crippen molar-refractivity contribution in [1.82, 2.24) is 0 Å². The lowest BCUT2D eigenvalue weighted by Crippen LogP contribution is -2.17. The molecule has 0 saturated heterocycles. The average Bonchev–Trinajstić information content (AvgIpc) is 2.58. The van der Waals surface area contributed by atoms with Gasteiger partial charge in [0.05, 0.1) is 0 Å². The summed E-state index contributed by atoms with van der Waals surface area (Å²) in [6.45, 7) is 2.31. The van der Waals surface area contributed by atoms with Gasteiger partial charge in [0.15, 0.2) is 0 Å². The minimum Gasteiger partial charge on any atom is -0.120 e. The maximum atomic E-state index is 5.55. The summed E-state index contributed by atoms with van der Waals surface area (Å²) in [6.07, 6.45) is 27.3. The number of rotatable bonds is 8. The van der Waals surface area contributed by atoms with Gasteiger partial charge in [0.1, 0.15) is 0 Å². The molecule has 2 saturated carbocycles. The summed E-state index contributed by atoms with van der Waals surface area (Å²) < 4.78 is 0. The van der Waals surface area contributed by atoms with Crippen LogP contribution in [-0.4, -0.2) is 0 Å². The van der Waals surface area contributed by atoms with Gasteiger partial charge in [-0.25, -0.2) is 0 Å². The molecule has 0 nitrogen and oxygen atoms in total. The third-order valence-electron chi connectivity index (χ3n) is 6.50. The molecule has 0 bridgehead atoms. The fourth-order valence-corrected chi connectivity index (χ4v) is 4.76. The Kier molecular flexibility index (Phi) is 8.43. The van der Waals surface area contributed by atoms with Gasteiger partial charge in [-0.15, -0.1) is 12.3 Å². The Balaban J connectivity index is 1.52. The first-order valence-corrected chi connectivity index (χ1v) is 10.3. The van der Waals surface area contributed by atoms with E-state index >= 15 is 0 Å². The van der Waals surface area contributed by atoms with Crippen molar-refractivity contribution in [3.8, 4) is 12.3 Å². The van der Waals surface area contributed by atoms with E-state index in [-0.39, 0.29) is 0 Å². The first-order valence-electron chi connectivity index (χ1n) is 10.3. The maximum Gasteiger partial charge on any atom is 0.0200 e. The van der Waals surface area contributed by atoms with Gasteiger partial charge in [0.25, 0.3) is 0 Å². The predicted molar refractivity (Wildman–Crippen MR) is 97.7 cm³/mol. The summed E-state index contributed by atoms with van der Waals surface area (Å²) in [7, 11) is 0. The van der Waals surface area contributed by atoms with Crippen LogP contribution in [0.5, 0.6) is 0 Å². The molecule has 0 N–H and O–H groups in total. The molecule has 0 aromatic carbocycles. The van der Waals surface area contributed by atoms with E-state index in [2.05, 4.69) is 12.8 Å². The zero-order valence-electron chi connectivity index (χ0n) is 15.0. The molecule has 22 heavy (non-hydrogen) atoms. The molecule has 0 heteroatoms. The van der Waals surface area contributed by atoms with Crippen LogP contribution < -0.4 is 0 Å². The SMILES string of the molecule is C#C[C@H]1CC[C@H](CC[C@H]2CC[C@H](CCCCCC)CC2)CC1. The van der Waals surface area contributed by atoms with Gasteiger partial charge in [0.2, 0.25) is 0 Å². The van der Waals surface area contributed by atoms with Gasteiger partial charge in [-0.1, -0.05) is 77.6 Å². The Hall–Kier alpha value is -0.440. The largest absolute Gasteiger partial charge is 0.120 e. The number of unbranched alkanes of at least 4 members (excludes halogenated alkanes) is 3. The third-order valence-corrected chi connectivity index (χ3v) is 6.50. The molecule has 0 unspecified atom stereocenters. The van der Waals surface area contributed by atoms with E-state index < -0.39 is 0 Å². The van der Waals surface area contributed by atoms with Crippen molar-refractivity contribution in [3.05, 3.63) is 0 Å².